The van der Waals surface area contributed by atoms with E-state index in [1.165, 1.54) is 11.1 Å². The van der Waals surface area contributed by atoms with Gasteiger partial charge in [-0.15, -0.1) is 0 Å². The van der Waals surface area contributed by atoms with E-state index in [-0.39, 0.29) is 23.8 Å². The zero-order valence-corrected chi connectivity index (χ0v) is 9.77. The number of aromatic nitrogens is 2. The standard InChI is InChI=1S/C10H17N5O2/c1-2-3-4-15(6-8(12)16)10(17)9-7(11)5-13-14-9/h5H,2-4,6,11H2,1H3,(H2,12,16)(H,13,14). The Morgan fingerprint density at radius 2 is 2.24 bits per heavy atom. The molecular weight excluding hydrogens is 222 g/mol. The molecule has 0 fully saturated rings. The molecule has 1 rings (SSSR count). The van der Waals surface area contributed by atoms with E-state index in [0.717, 1.165) is 12.8 Å². The van der Waals surface area contributed by atoms with Crippen molar-refractivity contribution in [1.82, 2.24) is 15.1 Å². The summed E-state index contributed by atoms with van der Waals surface area (Å²) < 4.78 is 0. The maximum Gasteiger partial charge on any atom is 0.274 e. The minimum absolute atomic E-state index is 0.114. The van der Waals surface area contributed by atoms with E-state index in [1.807, 2.05) is 6.92 Å². The molecule has 7 heteroatoms. The molecule has 7 nitrogen and oxygen atoms in total. The largest absolute Gasteiger partial charge is 0.396 e. The summed E-state index contributed by atoms with van der Waals surface area (Å²) in [5.74, 6) is -0.903. The number of rotatable bonds is 6. The molecule has 0 aromatic carbocycles. The number of hydrogen-bond acceptors (Lipinski definition) is 4. The van der Waals surface area contributed by atoms with Crippen LogP contribution >= 0.6 is 0 Å². The summed E-state index contributed by atoms with van der Waals surface area (Å²) >= 11 is 0. The minimum Gasteiger partial charge on any atom is -0.396 e. The smallest absolute Gasteiger partial charge is 0.274 e. The molecule has 0 saturated heterocycles. The Kier molecular flexibility index (Phi) is 4.50. The summed E-state index contributed by atoms with van der Waals surface area (Å²) in [6, 6.07) is 0. The van der Waals surface area contributed by atoms with Crippen LogP contribution in [0.25, 0.3) is 0 Å². The summed E-state index contributed by atoms with van der Waals surface area (Å²) in [4.78, 5) is 24.3. The van der Waals surface area contributed by atoms with E-state index >= 15 is 0 Å². The third-order valence-corrected chi connectivity index (χ3v) is 2.30. The maximum atomic E-state index is 12.0. The van der Waals surface area contributed by atoms with Gasteiger partial charge in [0.25, 0.3) is 5.91 Å². The van der Waals surface area contributed by atoms with Gasteiger partial charge >= 0.3 is 0 Å². The Hall–Kier alpha value is -2.05. The van der Waals surface area contributed by atoms with Crippen molar-refractivity contribution in [3.8, 4) is 0 Å². The fourth-order valence-corrected chi connectivity index (χ4v) is 1.41. The van der Waals surface area contributed by atoms with Gasteiger partial charge in [-0.2, -0.15) is 5.10 Å². The van der Waals surface area contributed by atoms with Crippen LogP contribution in [0.2, 0.25) is 0 Å². The van der Waals surface area contributed by atoms with E-state index in [4.69, 9.17) is 11.5 Å². The lowest BCUT2D eigenvalue weighted by Crippen LogP contribution is -2.39. The van der Waals surface area contributed by atoms with Gasteiger partial charge in [0.05, 0.1) is 18.4 Å². The van der Waals surface area contributed by atoms with Gasteiger partial charge in [-0.3, -0.25) is 14.7 Å². The molecule has 5 N–H and O–H groups in total. The van der Waals surface area contributed by atoms with Gasteiger partial charge in [-0.1, -0.05) is 13.3 Å². The lowest BCUT2D eigenvalue weighted by Gasteiger charge is -2.20. The van der Waals surface area contributed by atoms with Gasteiger partial charge < -0.3 is 16.4 Å². The molecule has 0 atom stereocenters. The predicted octanol–water partition coefficient (Wildman–Crippen LogP) is -0.280. The number of primary amides is 1. The van der Waals surface area contributed by atoms with Crippen LogP contribution in [0.4, 0.5) is 5.69 Å². The van der Waals surface area contributed by atoms with Crippen LogP contribution in [0, 0.1) is 0 Å². The summed E-state index contributed by atoms with van der Waals surface area (Å²) in [5.41, 5.74) is 11.1. The van der Waals surface area contributed by atoms with Gasteiger partial charge in [-0.25, -0.2) is 0 Å². The molecule has 17 heavy (non-hydrogen) atoms. The number of unbranched alkanes of at least 4 members (excludes halogenated alkanes) is 1. The normalized spacial score (nSPS) is 10.2. The highest BCUT2D eigenvalue weighted by atomic mass is 16.2. The Morgan fingerprint density at radius 3 is 2.71 bits per heavy atom. The number of carbonyl (C=O) groups excluding carboxylic acids is 2. The van der Waals surface area contributed by atoms with E-state index in [0.29, 0.717) is 6.54 Å². The number of hydrogen-bond donors (Lipinski definition) is 3. The SMILES string of the molecule is CCCCN(CC(N)=O)C(=O)c1[nH]ncc1N. The molecule has 0 spiro atoms. The first-order valence-electron chi connectivity index (χ1n) is 5.42. The minimum atomic E-state index is -0.549. The third kappa shape index (κ3) is 3.47. The molecule has 0 aliphatic rings. The lowest BCUT2D eigenvalue weighted by molar-refractivity contribution is -0.118. The second kappa shape index (κ2) is 5.88. The van der Waals surface area contributed by atoms with Crippen molar-refractivity contribution in [2.45, 2.75) is 19.8 Å². The fourth-order valence-electron chi connectivity index (χ4n) is 1.41. The van der Waals surface area contributed by atoms with Crippen LogP contribution in [0.3, 0.4) is 0 Å². The van der Waals surface area contributed by atoms with Gasteiger partial charge in [0, 0.05) is 6.54 Å². The van der Waals surface area contributed by atoms with Gasteiger partial charge in [0.15, 0.2) is 0 Å². The molecule has 0 bridgehead atoms. The van der Waals surface area contributed by atoms with Crippen LogP contribution in [0.1, 0.15) is 30.3 Å². The van der Waals surface area contributed by atoms with Crippen LogP contribution in [0.5, 0.6) is 0 Å². The number of carbonyl (C=O) groups is 2. The zero-order valence-electron chi connectivity index (χ0n) is 9.77. The second-order valence-electron chi connectivity index (χ2n) is 3.75. The number of nitrogens with two attached hydrogens (primary N) is 2. The van der Waals surface area contributed by atoms with E-state index in [1.54, 1.807) is 0 Å². The summed E-state index contributed by atoms with van der Waals surface area (Å²) in [6.07, 6.45) is 3.07. The van der Waals surface area contributed by atoms with Crippen LogP contribution in [-0.2, 0) is 4.79 Å². The fraction of sp³-hybridized carbons (Fsp3) is 0.500. The Balaban J connectivity index is 2.78. The average Bonchev–Trinajstić information content (AvgIpc) is 2.69. The highest BCUT2D eigenvalue weighted by Gasteiger charge is 2.20. The van der Waals surface area contributed by atoms with Crippen LogP contribution in [0.15, 0.2) is 6.20 Å². The quantitative estimate of drug-likeness (QED) is 0.632. The molecule has 0 aliphatic carbocycles. The number of nitrogens with one attached hydrogen (secondary N) is 1. The lowest BCUT2D eigenvalue weighted by atomic mass is 10.2. The van der Waals surface area contributed by atoms with Gasteiger partial charge in [0.2, 0.25) is 5.91 Å². The van der Waals surface area contributed by atoms with Crippen molar-refractivity contribution >= 4 is 17.5 Å². The monoisotopic (exact) mass is 239 g/mol. The molecule has 94 valence electrons. The predicted molar refractivity (Wildman–Crippen MR) is 63.0 cm³/mol. The number of nitrogens with zero attached hydrogens (tertiary/aromatic N) is 2. The molecule has 1 aromatic rings. The van der Waals surface area contributed by atoms with Crippen molar-refractivity contribution in [2.24, 2.45) is 5.73 Å². The van der Waals surface area contributed by atoms with Crippen molar-refractivity contribution in [3.63, 3.8) is 0 Å². The van der Waals surface area contributed by atoms with E-state index in [9.17, 15) is 9.59 Å². The molecule has 0 aliphatic heterocycles. The number of nitrogen functional groups attached to an aromatic ring is 1. The topological polar surface area (TPSA) is 118 Å². The number of aromatic amines is 1. The summed E-state index contributed by atoms with van der Waals surface area (Å²) in [6.45, 7) is 2.35. The highest BCUT2D eigenvalue weighted by molar-refractivity contribution is 5.98. The van der Waals surface area contributed by atoms with Crippen molar-refractivity contribution in [3.05, 3.63) is 11.9 Å². The molecule has 2 amide bonds. The van der Waals surface area contributed by atoms with Crippen molar-refractivity contribution in [2.75, 3.05) is 18.8 Å². The first-order chi connectivity index (χ1) is 8.06. The molecule has 0 radical (unpaired) electrons. The second-order valence-corrected chi connectivity index (χ2v) is 3.75. The van der Waals surface area contributed by atoms with Gasteiger partial charge in [-0.05, 0) is 6.42 Å². The van der Waals surface area contributed by atoms with Crippen LogP contribution in [-0.4, -0.2) is 40.0 Å². The third-order valence-electron chi connectivity index (χ3n) is 2.30. The summed E-state index contributed by atoms with van der Waals surface area (Å²) in [7, 11) is 0. The zero-order chi connectivity index (χ0) is 12.8. The molecule has 1 heterocycles. The molecular formula is C10H17N5O2. The molecule has 1 aromatic heterocycles. The van der Waals surface area contributed by atoms with E-state index in [2.05, 4.69) is 10.2 Å². The Bertz CT molecular complexity index is 401. The van der Waals surface area contributed by atoms with Gasteiger partial charge in [0.1, 0.15) is 5.69 Å². The molecule has 0 saturated carbocycles. The molecule has 0 unspecified atom stereocenters. The summed E-state index contributed by atoms with van der Waals surface area (Å²) in [5, 5.41) is 6.19. The first-order valence-corrected chi connectivity index (χ1v) is 5.42. The highest BCUT2D eigenvalue weighted by Crippen LogP contribution is 2.10. The Labute approximate surface area is 99.1 Å². The van der Waals surface area contributed by atoms with E-state index < -0.39 is 5.91 Å². The number of anilines is 1. The van der Waals surface area contributed by atoms with Crippen molar-refractivity contribution in [1.29, 1.82) is 0 Å². The number of amides is 2. The maximum absolute atomic E-state index is 12.0. The Morgan fingerprint density at radius 1 is 1.53 bits per heavy atom. The average molecular weight is 239 g/mol. The van der Waals surface area contributed by atoms with Crippen LogP contribution < -0.4 is 11.5 Å². The number of H-pyrrole nitrogens is 1. The first kappa shape index (κ1) is 13.0. The van der Waals surface area contributed by atoms with Crippen molar-refractivity contribution < 1.29 is 9.59 Å².